The fourth-order valence-electron chi connectivity index (χ4n) is 5.44. The van der Waals surface area contributed by atoms with E-state index in [0.717, 1.165) is 67.7 Å². The van der Waals surface area contributed by atoms with Crippen LogP contribution in [0.1, 0.15) is 57.7 Å². The Bertz CT molecular complexity index is 1970. The standard InChI is InChI=1S/C37H34N2O.C2H6.C2H2/c1-4-5-6-7-12-25(2)21-34-33(31-17-10-13-26(3)37(31)39-34)24-38-29-15-11-14-27(22-29)28-19-20-36-32(23-28)30-16-8-9-18-35(30)40-36;2*1-2/h4-11,14-24,26,38-39H,2,12-13H2,1,3H3;1-2H3;1-2H/b5-4-,7-6-,33-24-,34-21+;;. The maximum atomic E-state index is 6.03. The Labute approximate surface area is 261 Å². The molecular weight excluding hydrogens is 536 g/mol. The van der Waals surface area contributed by atoms with E-state index in [2.05, 4.69) is 128 Å². The van der Waals surface area contributed by atoms with E-state index >= 15 is 0 Å². The van der Waals surface area contributed by atoms with Gasteiger partial charge in [0.1, 0.15) is 11.2 Å². The molecule has 1 atom stereocenters. The Morgan fingerprint density at radius 1 is 0.977 bits per heavy atom. The summed E-state index contributed by atoms with van der Waals surface area (Å²) in [5.74, 6) is 0.453. The van der Waals surface area contributed by atoms with Crippen molar-refractivity contribution >= 4 is 46.0 Å². The van der Waals surface area contributed by atoms with Crippen molar-refractivity contribution in [1.82, 2.24) is 4.98 Å². The summed E-state index contributed by atoms with van der Waals surface area (Å²) in [7, 11) is 0. The van der Waals surface area contributed by atoms with Crippen molar-refractivity contribution in [3.05, 3.63) is 131 Å². The predicted octanol–water partition coefficient (Wildman–Crippen LogP) is 10.1. The lowest BCUT2D eigenvalue weighted by molar-refractivity contribution is 0.669. The minimum atomic E-state index is 0.453. The van der Waals surface area contributed by atoms with Gasteiger partial charge in [0.15, 0.2) is 0 Å². The molecule has 2 aromatic heterocycles. The van der Waals surface area contributed by atoms with E-state index in [0.29, 0.717) is 5.92 Å². The summed E-state index contributed by atoms with van der Waals surface area (Å²) in [5, 5.41) is 8.12. The third kappa shape index (κ3) is 7.05. The lowest BCUT2D eigenvalue weighted by atomic mass is 9.94. The average Bonchev–Trinajstić information content (AvgIpc) is 3.62. The molecule has 1 aliphatic rings. The molecule has 222 valence electrons. The molecule has 2 N–H and O–H groups in total. The number of fused-ring (bicyclic) bond motifs is 4. The number of rotatable bonds is 7. The van der Waals surface area contributed by atoms with E-state index in [1.807, 2.05) is 45.1 Å². The van der Waals surface area contributed by atoms with Crippen LogP contribution >= 0.6 is 0 Å². The molecule has 0 saturated carbocycles. The molecule has 3 heteroatoms. The van der Waals surface area contributed by atoms with Crippen LogP contribution in [-0.2, 0) is 0 Å². The SMILES string of the molecule is C#C.C=C(/C=c1/[nH]c2c(/c1=C/Nc1cccc(-c3ccc4oc5ccccc5c4c3)c1)C=CCC2C)C/C=C\C=C/C.CC. The molecule has 1 unspecified atom stereocenters. The number of hydrogen-bond donors (Lipinski definition) is 2. The maximum absolute atomic E-state index is 6.03. The number of benzene rings is 3. The topological polar surface area (TPSA) is 41.0 Å². The van der Waals surface area contributed by atoms with Gasteiger partial charge < -0.3 is 14.7 Å². The second-order valence-electron chi connectivity index (χ2n) is 10.5. The lowest BCUT2D eigenvalue weighted by Gasteiger charge is -2.13. The fourth-order valence-corrected chi connectivity index (χ4v) is 5.44. The molecule has 0 spiro atoms. The van der Waals surface area contributed by atoms with Crippen LogP contribution in [0.15, 0.2) is 114 Å². The Morgan fingerprint density at radius 2 is 1.75 bits per heavy atom. The number of allylic oxidation sites excluding steroid dienone is 6. The minimum Gasteiger partial charge on any atom is -0.456 e. The van der Waals surface area contributed by atoms with Gasteiger partial charge in [0, 0.05) is 50.4 Å². The van der Waals surface area contributed by atoms with Crippen molar-refractivity contribution in [2.45, 2.75) is 46.5 Å². The Balaban J connectivity index is 0.00000106. The first-order valence-corrected chi connectivity index (χ1v) is 15.3. The molecule has 3 aromatic carbocycles. The molecule has 0 radical (unpaired) electrons. The number of hydrogen-bond acceptors (Lipinski definition) is 2. The third-order valence-electron chi connectivity index (χ3n) is 7.53. The average molecular weight is 579 g/mol. The summed E-state index contributed by atoms with van der Waals surface area (Å²) in [4.78, 5) is 3.70. The van der Waals surface area contributed by atoms with Gasteiger partial charge in [0.25, 0.3) is 0 Å². The molecule has 0 aliphatic heterocycles. The zero-order chi connectivity index (χ0) is 31.5. The van der Waals surface area contributed by atoms with Gasteiger partial charge in [-0.3, -0.25) is 0 Å². The van der Waals surface area contributed by atoms with Crippen LogP contribution in [0.25, 0.3) is 51.4 Å². The molecule has 2 heterocycles. The monoisotopic (exact) mass is 578 g/mol. The Hall–Kier alpha value is -5.20. The van der Waals surface area contributed by atoms with E-state index in [1.54, 1.807) is 0 Å². The summed E-state index contributed by atoms with van der Waals surface area (Å²) < 4.78 is 6.03. The van der Waals surface area contributed by atoms with Gasteiger partial charge in [-0.1, -0.05) is 100 Å². The highest BCUT2D eigenvalue weighted by Gasteiger charge is 2.16. The van der Waals surface area contributed by atoms with Crippen LogP contribution in [0.4, 0.5) is 5.69 Å². The van der Waals surface area contributed by atoms with Gasteiger partial charge >= 0.3 is 0 Å². The van der Waals surface area contributed by atoms with Crippen LogP contribution in [0, 0.1) is 12.8 Å². The normalized spacial score (nSPS) is 14.8. The van der Waals surface area contributed by atoms with Crippen molar-refractivity contribution in [3.8, 4) is 24.0 Å². The minimum absolute atomic E-state index is 0.453. The molecule has 0 fully saturated rings. The predicted molar refractivity (Wildman–Crippen MR) is 193 cm³/mol. The van der Waals surface area contributed by atoms with Crippen LogP contribution in [0.2, 0.25) is 0 Å². The largest absolute Gasteiger partial charge is 0.456 e. The number of aromatic amines is 1. The summed E-state index contributed by atoms with van der Waals surface area (Å²) >= 11 is 0. The van der Waals surface area contributed by atoms with E-state index in [9.17, 15) is 0 Å². The molecule has 0 bridgehead atoms. The van der Waals surface area contributed by atoms with Crippen molar-refractivity contribution in [1.29, 1.82) is 0 Å². The number of aromatic nitrogens is 1. The van der Waals surface area contributed by atoms with Gasteiger partial charge in [-0.15, -0.1) is 12.8 Å². The molecular formula is C41H42N2O. The summed E-state index contributed by atoms with van der Waals surface area (Å²) in [6.07, 6.45) is 26.9. The molecule has 44 heavy (non-hydrogen) atoms. The first-order chi connectivity index (χ1) is 21.6. The van der Waals surface area contributed by atoms with Crippen molar-refractivity contribution < 1.29 is 4.42 Å². The molecule has 0 saturated heterocycles. The Morgan fingerprint density at radius 3 is 2.57 bits per heavy atom. The van der Waals surface area contributed by atoms with Gasteiger partial charge in [-0.2, -0.15) is 0 Å². The van der Waals surface area contributed by atoms with E-state index in [1.165, 1.54) is 11.3 Å². The number of terminal acetylenes is 1. The van der Waals surface area contributed by atoms with Crippen molar-refractivity contribution in [2.24, 2.45) is 0 Å². The molecule has 3 nitrogen and oxygen atoms in total. The fraction of sp³-hybridized carbons (Fsp3) is 0.171. The summed E-state index contributed by atoms with van der Waals surface area (Å²) in [6, 6.07) is 23.2. The maximum Gasteiger partial charge on any atom is 0.135 e. The Kier molecular flexibility index (Phi) is 11.0. The van der Waals surface area contributed by atoms with Gasteiger partial charge in [0.05, 0.1) is 0 Å². The zero-order valence-corrected chi connectivity index (χ0v) is 26.2. The molecule has 1 aliphatic carbocycles. The van der Waals surface area contributed by atoms with Crippen LogP contribution in [-0.4, -0.2) is 4.98 Å². The lowest BCUT2D eigenvalue weighted by Crippen LogP contribution is -2.25. The van der Waals surface area contributed by atoms with Crippen LogP contribution < -0.4 is 15.9 Å². The smallest absolute Gasteiger partial charge is 0.135 e. The summed E-state index contributed by atoms with van der Waals surface area (Å²) in [5.41, 5.74) is 8.79. The van der Waals surface area contributed by atoms with Gasteiger partial charge in [-0.25, -0.2) is 0 Å². The third-order valence-corrected chi connectivity index (χ3v) is 7.53. The highest BCUT2D eigenvalue weighted by atomic mass is 16.3. The van der Waals surface area contributed by atoms with E-state index < -0.39 is 0 Å². The number of furan rings is 1. The first kappa shape index (κ1) is 31.7. The highest BCUT2D eigenvalue weighted by molar-refractivity contribution is 6.06. The zero-order valence-electron chi connectivity index (χ0n) is 26.2. The molecule has 0 amide bonds. The summed E-state index contributed by atoms with van der Waals surface area (Å²) in [6.45, 7) is 12.6. The second-order valence-corrected chi connectivity index (χ2v) is 10.5. The van der Waals surface area contributed by atoms with Crippen molar-refractivity contribution in [2.75, 3.05) is 5.32 Å². The highest BCUT2D eigenvalue weighted by Crippen LogP contribution is 2.33. The number of nitrogens with one attached hydrogen (secondary N) is 2. The number of para-hydroxylation sites is 1. The quantitative estimate of drug-likeness (QED) is 0.149. The second kappa shape index (κ2) is 15.3. The van der Waals surface area contributed by atoms with Crippen LogP contribution in [0.3, 0.4) is 0 Å². The molecule has 6 rings (SSSR count). The van der Waals surface area contributed by atoms with E-state index in [-0.39, 0.29) is 0 Å². The first-order valence-electron chi connectivity index (χ1n) is 15.3. The number of anilines is 1. The van der Waals surface area contributed by atoms with Gasteiger partial charge in [-0.05, 0) is 72.9 Å². The van der Waals surface area contributed by atoms with Crippen molar-refractivity contribution in [3.63, 3.8) is 0 Å². The number of H-pyrrole nitrogens is 1. The van der Waals surface area contributed by atoms with Gasteiger partial charge in [0.2, 0.25) is 0 Å². The van der Waals surface area contributed by atoms with Crippen LogP contribution in [0.5, 0.6) is 0 Å². The molecule has 5 aromatic rings. The van der Waals surface area contributed by atoms with E-state index in [4.69, 9.17) is 4.42 Å².